The summed E-state index contributed by atoms with van der Waals surface area (Å²) < 4.78 is 13.4. The molecule has 0 N–H and O–H groups in total. The maximum atomic E-state index is 13.4. The minimum atomic E-state index is -0.173. The van der Waals surface area contributed by atoms with E-state index in [4.69, 9.17) is 4.84 Å². The molecule has 0 spiro atoms. The minimum Gasteiger partial charge on any atom is -0.269 e. The van der Waals surface area contributed by atoms with Gasteiger partial charge in [-0.15, -0.1) is 0 Å². The lowest BCUT2D eigenvalue weighted by molar-refractivity contribution is 0.0751. The first kappa shape index (κ1) is 12.6. The summed E-state index contributed by atoms with van der Waals surface area (Å²) in [6.45, 7) is 0. The van der Waals surface area contributed by atoms with Crippen molar-refractivity contribution in [2.75, 3.05) is 5.06 Å². The van der Waals surface area contributed by atoms with Gasteiger partial charge in [0.2, 0.25) is 0 Å². The highest BCUT2D eigenvalue weighted by atomic mass is 19.1. The summed E-state index contributed by atoms with van der Waals surface area (Å²) >= 11 is 0. The van der Waals surface area contributed by atoms with Gasteiger partial charge in [0.15, 0.2) is 0 Å². The molecule has 2 bridgehead atoms. The minimum absolute atomic E-state index is 0.157. The van der Waals surface area contributed by atoms with Crippen LogP contribution in [0.4, 0.5) is 10.1 Å². The normalized spacial score (nSPS) is 23.6. The molecule has 4 rings (SSSR count). The van der Waals surface area contributed by atoms with Crippen molar-refractivity contribution < 1.29 is 9.23 Å². The van der Waals surface area contributed by atoms with Crippen LogP contribution in [0.2, 0.25) is 0 Å². The average Bonchev–Trinajstić information content (AvgIpc) is 2.83. The maximum Gasteiger partial charge on any atom is 0.123 e. The molecule has 2 atom stereocenters. The van der Waals surface area contributed by atoms with Crippen LogP contribution in [0.1, 0.15) is 17.5 Å². The van der Waals surface area contributed by atoms with Gasteiger partial charge in [0.25, 0.3) is 0 Å². The third-order valence-electron chi connectivity index (χ3n) is 4.11. The number of fused-ring (bicyclic) bond motifs is 4. The van der Waals surface area contributed by atoms with E-state index < -0.39 is 0 Å². The van der Waals surface area contributed by atoms with Crippen molar-refractivity contribution >= 4 is 11.8 Å². The van der Waals surface area contributed by atoms with Gasteiger partial charge in [0, 0.05) is 12.8 Å². The van der Waals surface area contributed by atoms with Crippen LogP contribution in [0, 0.1) is 5.82 Å². The molecule has 1 fully saturated rings. The first-order valence-corrected chi connectivity index (χ1v) is 7.27. The van der Waals surface area contributed by atoms with Crippen LogP contribution in [-0.2, 0) is 11.3 Å². The van der Waals surface area contributed by atoms with E-state index in [1.54, 1.807) is 6.07 Å². The van der Waals surface area contributed by atoms with Gasteiger partial charge in [-0.3, -0.25) is 4.84 Å². The highest BCUT2D eigenvalue weighted by Gasteiger charge is 2.38. The second kappa shape index (κ2) is 5.01. The topological polar surface area (TPSA) is 12.5 Å². The predicted molar refractivity (Wildman–Crippen MR) is 81.3 cm³/mol. The Hall–Kier alpha value is -2.13. The van der Waals surface area contributed by atoms with E-state index in [0.29, 0.717) is 0 Å². The average molecular weight is 281 g/mol. The summed E-state index contributed by atoms with van der Waals surface area (Å²) in [5, 5.41) is 1.93. The molecule has 2 heterocycles. The molecule has 3 heteroatoms. The maximum absolute atomic E-state index is 13.4. The Balaban J connectivity index is 1.61. The van der Waals surface area contributed by atoms with Crippen molar-refractivity contribution in [3.05, 3.63) is 71.6 Å². The molecule has 0 amide bonds. The quantitative estimate of drug-likeness (QED) is 0.825. The van der Waals surface area contributed by atoms with E-state index in [1.807, 2.05) is 29.3 Å². The van der Waals surface area contributed by atoms with Gasteiger partial charge in [0.1, 0.15) is 5.82 Å². The predicted octanol–water partition coefficient (Wildman–Crippen LogP) is 3.97. The highest BCUT2D eigenvalue weighted by Crippen LogP contribution is 2.38. The Morgan fingerprint density at radius 2 is 2.00 bits per heavy atom. The molecular weight excluding hydrogens is 265 g/mol. The number of benzene rings is 2. The number of halogens is 1. The lowest BCUT2D eigenvalue weighted by Gasteiger charge is -2.29. The van der Waals surface area contributed by atoms with E-state index in [1.165, 1.54) is 11.6 Å². The third-order valence-corrected chi connectivity index (χ3v) is 4.11. The van der Waals surface area contributed by atoms with E-state index in [-0.39, 0.29) is 18.0 Å². The number of rotatable bonds is 2. The molecule has 2 aliphatic heterocycles. The van der Waals surface area contributed by atoms with E-state index >= 15 is 0 Å². The van der Waals surface area contributed by atoms with Gasteiger partial charge in [-0.05, 0) is 29.3 Å². The van der Waals surface area contributed by atoms with Gasteiger partial charge in [-0.1, -0.05) is 42.5 Å². The number of hydrogen-bond acceptors (Lipinski definition) is 2. The number of hydrogen-bond donors (Lipinski definition) is 0. The van der Waals surface area contributed by atoms with Crippen LogP contribution in [0.15, 0.2) is 54.6 Å². The molecule has 106 valence electrons. The van der Waals surface area contributed by atoms with Gasteiger partial charge < -0.3 is 0 Å². The van der Waals surface area contributed by atoms with Gasteiger partial charge in [0.05, 0.1) is 17.8 Å². The fourth-order valence-corrected chi connectivity index (χ4v) is 3.12. The molecule has 2 aromatic carbocycles. The standard InChI is InChI=1S/C18H16FNO/c19-15-7-9-18-14(10-15)11-17-12-16(20(18)21-17)8-6-13-4-2-1-3-5-13/h1-10,16-17H,11-12H2/b8-6+/t16-,17-/m0/s1. The zero-order valence-corrected chi connectivity index (χ0v) is 11.6. The first-order chi connectivity index (χ1) is 10.3. The smallest absolute Gasteiger partial charge is 0.123 e. The fraction of sp³-hybridized carbons (Fsp3) is 0.222. The summed E-state index contributed by atoms with van der Waals surface area (Å²) in [5.74, 6) is -0.173. The van der Waals surface area contributed by atoms with Crippen LogP contribution < -0.4 is 5.06 Å². The fourth-order valence-electron chi connectivity index (χ4n) is 3.12. The van der Waals surface area contributed by atoms with E-state index in [0.717, 1.165) is 24.1 Å². The summed E-state index contributed by atoms with van der Waals surface area (Å²) in [5.41, 5.74) is 3.22. The Labute approximate surface area is 123 Å². The molecule has 0 aromatic heterocycles. The van der Waals surface area contributed by atoms with E-state index in [2.05, 4.69) is 24.3 Å². The van der Waals surface area contributed by atoms with Crippen molar-refractivity contribution in [1.29, 1.82) is 0 Å². The first-order valence-electron chi connectivity index (χ1n) is 7.27. The van der Waals surface area contributed by atoms with Gasteiger partial charge in [-0.2, -0.15) is 0 Å². The second-order valence-corrected chi connectivity index (χ2v) is 5.60. The third kappa shape index (κ3) is 2.34. The zero-order chi connectivity index (χ0) is 14.2. The number of anilines is 1. The van der Waals surface area contributed by atoms with Crippen LogP contribution in [-0.4, -0.2) is 12.1 Å². The molecule has 2 aliphatic rings. The van der Waals surface area contributed by atoms with Crippen molar-refractivity contribution in [3.63, 3.8) is 0 Å². The SMILES string of the molecule is Fc1ccc2c(c1)C[C@H]1C[C@H](/C=C/c3ccccc3)N2O1. The van der Waals surface area contributed by atoms with E-state index in [9.17, 15) is 4.39 Å². The van der Waals surface area contributed by atoms with Crippen molar-refractivity contribution in [2.24, 2.45) is 0 Å². The molecule has 0 aliphatic carbocycles. The summed E-state index contributed by atoms with van der Waals surface area (Å²) in [4.78, 5) is 5.92. The van der Waals surface area contributed by atoms with Gasteiger partial charge >= 0.3 is 0 Å². The summed E-state index contributed by atoms with van der Waals surface area (Å²) in [6, 6.07) is 15.4. The molecular formula is C18H16FNO. The number of hydroxylamine groups is 1. The Kier molecular flexibility index (Phi) is 3.00. The lowest BCUT2D eigenvalue weighted by atomic mass is 10.0. The van der Waals surface area contributed by atoms with Crippen LogP contribution >= 0.6 is 0 Å². The Bertz CT molecular complexity index is 683. The van der Waals surface area contributed by atoms with Crippen LogP contribution in [0.5, 0.6) is 0 Å². The monoisotopic (exact) mass is 281 g/mol. The Morgan fingerprint density at radius 3 is 2.86 bits per heavy atom. The largest absolute Gasteiger partial charge is 0.269 e. The molecule has 0 unspecified atom stereocenters. The molecule has 2 nitrogen and oxygen atoms in total. The van der Waals surface area contributed by atoms with Crippen LogP contribution in [0.3, 0.4) is 0 Å². The van der Waals surface area contributed by atoms with Crippen LogP contribution in [0.25, 0.3) is 6.08 Å². The van der Waals surface area contributed by atoms with Crippen molar-refractivity contribution in [2.45, 2.75) is 25.0 Å². The number of nitrogens with zero attached hydrogens (tertiary/aromatic N) is 1. The zero-order valence-electron chi connectivity index (χ0n) is 11.6. The molecule has 0 radical (unpaired) electrons. The summed E-state index contributed by atoms with van der Waals surface area (Å²) in [7, 11) is 0. The molecule has 1 saturated heterocycles. The van der Waals surface area contributed by atoms with Crippen molar-refractivity contribution in [3.8, 4) is 0 Å². The molecule has 0 saturated carbocycles. The van der Waals surface area contributed by atoms with Crippen molar-refractivity contribution in [1.82, 2.24) is 0 Å². The second-order valence-electron chi connectivity index (χ2n) is 5.60. The Morgan fingerprint density at radius 1 is 1.14 bits per heavy atom. The summed E-state index contributed by atoms with van der Waals surface area (Å²) in [6.07, 6.45) is 6.19. The molecule has 21 heavy (non-hydrogen) atoms. The lowest BCUT2D eigenvalue weighted by Crippen LogP contribution is -2.30. The molecule has 2 aromatic rings. The highest BCUT2D eigenvalue weighted by molar-refractivity contribution is 5.58. The van der Waals surface area contributed by atoms with Gasteiger partial charge in [-0.25, -0.2) is 9.45 Å².